The van der Waals surface area contributed by atoms with E-state index in [4.69, 9.17) is 10.5 Å². The molecule has 2 aromatic heterocycles. The number of aromatic nitrogens is 3. The zero-order chi connectivity index (χ0) is 32.6. The summed E-state index contributed by atoms with van der Waals surface area (Å²) in [4.78, 5) is 3.22. The Bertz CT molecular complexity index is 1850. The zero-order valence-corrected chi connectivity index (χ0v) is 26.5. The Labute approximate surface area is 267 Å². The molecule has 7 N–H and O–H groups in total. The van der Waals surface area contributed by atoms with Gasteiger partial charge in [0.1, 0.15) is 23.5 Å². The molecule has 0 saturated heterocycles. The van der Waals surface area contributed by atoms with Gasteiger partial charge >= 0.3 is 0 Å². The third-order valence-electron chi connectivity index (χ3n) is 8.73. The van der Waals surface area contributed by atoms with Crippen LogP contribution >= 0.6 is 10.6 Å². The van der Waals surface area contributed by atoms with Crippen molar-refractivity contribution in [1.29, 1.82) is 0 Å². The van der Waals surface area contributed by atoms with E-state index in [1.807, 2.05) is 6.92 Å². The van der Waals surface area contributed by atoms with Crippen molar-refractivity contribution in [2.75, 3.05) is 23.1 Å². The van der Waals surface area contributed by atoms with Crippen LogP contribution in [0.1, 0.15) is 55.0 Å². The lowest BCUT2D eigenvalue weighted by atomic mass is 9.84. The number of hydrogen-bond acceptors (Lipinski definition) is 7. The molecule has 2 heterocycles. The molecule has 0 aliphatic heterocycles. The number of benzene rings is 3. The second kappa shape index (κ2) is 13.0. The highest BCUT2D eigenvalue weighted by Crippen LogP contribution is 2.39. The van der Waals surface area contributed by atoms with Gasteiger partial charge in [-0.2, -0.15) is 15.7 Å². The number of fused-ring (bicyclic) bond motifs is 1. The predicted octanol–water partition coefficient (Wildman–Crippen LogP) is 8.14. The summed E-state index contributed by atoms with van der Waals surface area (Å²) in [5, 5.41) is 19.7. The maximum atomic E-state index is 15.1. The molecule has 3 aromatic carbocycles. The van der Waals surface area contributed by atoms with E-state index in [9.17, 15) is 18.6 Å². The van der Waals surface area contributed by atoms with Crippen LogP contribution in [-0.4, -0.2) is 47.0 Å². The van der Waals surface area contributed by atoms with Crippen LogP contribution in [0.4, 0.5) is 20.3 Å². The fourth-order valence-corrected chi connectivity index (χ4v) is 6.94. The third-order valence-corrected chi connectivity index (χ3v) is 9.74. The van der Waals surface area contributed by atoms with Crippen LogP contribution in [0.25, 0.3) is 16.6 Å². The van der Waals surface area contributed by atoms with E-state index in [0.717, 1.165) is 37.7 Å². The number of nitrogens with two attached hydrogens (primary N) is 1. The van der Waals surface area contributed by atoms with E-state index in [-0.39, 0.29) is 23.4 Å². The number of aliphatic hydroxyl groups is 1. The highest BCUT2D eigenvalue weighted by atomic mass is 32.3. The molecule has 1 aliphatic rings. The Morgan fingerprint density at radius 1 is 1.07 bits per heavy atom. The standard InChI is InChI=1S/C34H39F2N5O4S/c1-20-15-24(45-32-6-4-3-5-26(32)35)11-12-31(20)41-34(37)25(19-38-41)33(42)30-17-22-16-27(36)29(18-28(22)40-30)39-23-9-7-21(8-10-23)13-14-46(2,43)44/h3-6,11-12,15-19,21,23,33,39-40,42-44H,7-10,13-14,37H2,1-2H3. The summed E-state index contributed by atoms with van der Waals surface area (Å²) in [7, 11) is -2.47. The van der Waals surface area contributed by atoms with Crippen molar-refractivity contribution in [3.8, 4) is 17.2 Å². The van der Waals surface area contributed by atoms with Gasteiger partial charge in [0, 0.05) is 40.2 Å². The zero-order valence-electron chi connectivity index (χ0n) is 25.7. The Balaban J connectivity index is 1.15. The first-order chi connectivity index (χ1) is 21.9. The molecule has 1 fully saturated rings. The second-order valence-corrected chi connectivity index (χ2v) is 14.7. The third kappa shape index (κ3) is 7.00. The van der Waals surface area contributed by atoms with Crippen molar-refractivity contribution in [2.24, 2.45) is 5.92 Å². The van der Waals surface area contributed by atoms with Crippen LogP contribution in [0.2, 0.25) is 0 Å². The number of halogens is 2. The normalized spacial score (nSPS) is 18.1. The molecular formula is C34H39F2N5O4S. The van der Waals surface area contributed by atoms with E-state index in [0.29, 0.717) is 51.0 Å². The number of hydrogen-bond donors (Lipinski definition) is 6. The lowest BCUT2D eigenvalue weighted by molar-refractivity contribution is 0.217. The van der Waals surface area contributed by atoms with Gasteiger partial charge in [-0.1, -0.05) is 12.1 Å². The first kappa shape index (κ1) is 31.9. The minimum atomic E-state index is -2.47. The lowest BCUT2D eigenvalue weighted by Gasteiger charge is -2.33. The molecule has 9 nitrogen and oxygen atoms in total. The molecular weight excluding hydrogens is 612 g/mol. The number of aromatic amines is 1. The summed E-state index contributed by atoms with van der Waals surface area (Å²) in [6.07, 6.45) is 6.31. The molecule has 0 bridgehead atoms. The molecule has 1 atom stereocenters. The summed E-state index contributed by atoms with van der Waals surface area (Å²) in [6, 6.07) is 16.4. The molecule has 46 heavy (non-hydrogen) atoms. The SMILES string of the molecule is Cc1cc(Oc2ccccc2F)ccc1-n1ncc(C(O)c2cc3cc(F)c(NC4CCC(CCS(C)(O)O)CC4)cc3[nH]2)c1N. The van der Waals surface area contributed by atoms with E-state index in [2.05, 4.69) is 15.4 Å². The molecule has 5 aromatic rings. The molecule has 1 unspecified atom stereocenters. The average molecular weight is 652 g/mol. The van der Waals surface area contributed by atoms with Gasteiger partial charge in [0.05, 0.1) is 17.6 Å². The molecule has 0 amide bonds. The van der Waals surface area contributed by atoms with Crippen molar-refractivity contribution in [2.45, 2.75) is 51.2 Å². The van der Waals surface area contributed by atoms with Crippen LogP contribution in [0.3, 0.4) is 0 Å². The number of aliphatic hydroxyl groups excluding tert-OH is 1. The van der Waals surface area contributed by atoms with E-state index in [1.54, 1.807) is 48.5 Å². The van der Waals surface area contributed by atoms with Crippen molar-refractivity contribution < 1.29 is 27.7 Å². The summed E-state index contributed by atoms with van der Waals surface area (Å²) < 4.78 is 55.8. The maximum absolute atomic E-state index is 15.1. The van der Waals surface area contributed by atoms with Gasteiger partial charge in [0.25, 0.3) is 0 Å². The predicted molar refractivity (Wildman–Crippen MR) is 179 cm³/mol. The molecule has 12 heteroatoms. The smallest absolute Gasteiger partial charge is 0.165 e. The molecule has 0 spiro atoms. The molecule has 244 valence electrons. The van der Waals surface area contributed by atoms with Crippen molar-refractivity contribution in [3.05, 3.63) is 95.3 Å². The van der Waals surface area contributed by atoms with Gasteiger partial charge in [-0.3, -0.25) is 9.11 Å². The van der Waals surface area contributed by atoms with Crippen LogP contribution in [0.5, 0.6) is 11.5 Å². The van der Waals surface area contributed by atoms with Gasteiger partial charge in [-0.05, 0) is 99.0 Å². The average Bonchev–Trinajstić information content (AvgIpc) is 3.60. The van der Waals surface area contributed by atoms with Crippen molar-refractivity contribution in [1.82, 2.24) is 14.8 Å². The number of anilines is 2. The lowest BCUT2D eigenvalue weighted by Crippen LogP contribution is -2.27. The Morgan fingerprint density at radius 2 is 1.83 bits per heavy atom. The van der Waals surface area contributed by atoms with E-state index < -0.39 is 22.5 Å². The monoisotopic (exact) mass is 651 g/mol. The fourth-order valence-electron chi connectivity index (χ4n) is 6.16. The summed E-state index contributed by atoms with van der Waals surface area (Å²) in [5.41, 5.74) is 9.82. The van der Waals surface area contributed by atoms with Gasteiger partial charge in [-0.15, -0.1) is 0 Å². The molecule has 6 rings (SSSR count). The van der Waals surface area contributed by atoms with Gasteiger partial charge in [0.15, 0.2) is 11.6 Å². The summed E-state index contributed by atoms with van der Waals surface area (Å²) >= 11 is 0. The van der Waals surface area contributed by atoms with E-state index >= 15 is 4.39 Å². The number of nitrogens with zero attached hydrogens (tertiary/aromatic N) is 2. The van der Waals surface area contributed by atoms with Crippen molar-refractivity contribution in [3.63, 3.8) is 0 Å². The first-order valence-corrected chi connectivity index (χ1v) is 17.4. The Morgan fingerprint density at radius 3 is 2.54 bits per heavy atom. The molecule has 0 radical (unpaired) electrons. The first-order valence-electron chi connectivity index (χ1n) is 15.3. The minimum Gasteiger partial charge on any atom is -0.454 e. The highest BCUT2D eigenvalue weighted by Gasteiger charge is 2.24. The van der Waals surface area contributed by atoms with Crippen LogP contribution in [0.15, 0.2) is 66.9 Å². The summed E-state index contributed by atoms with van der Waals surface area (Å²) in [5.74, 6) is 0.855. The highest BCUT2D eigenvalue weighted by molar-refractivity contribution is 8.23. The minimum absolute atomic E-state index is 0.120. The number of para-hydroxylation sites is 1. The number of nitrogens with one attached hydrogen (secondary N) is 2. The van der Waals surface area contributed by atoms with Gasteiger partial charge in [0.2, 0.25) is 0 Å². The number of aryl methyl sites for hydroxylation is 1. The maximum Gasteiger partial charge on any atom is 0.165 e. The van der Waals surface area contributed by atoms with Gasteiger partial charge in [-0.25, -0.2) is 13.5 Å². The Hall–Kier alpha value is -4.10. The van der Waals surface area contributed by atoms with Crippen LogP contribution < -0.4 is 15.8 Å². The largest absolute Gasteiger partial charge is 0.454 e. The van der Waals surface area contributed by atoms with Crippen molar-refractivity contribution >= 4 is 33.0 Å². The summed E-state index contributed by atoms with van der Waals surface area (Å²) in [6.45, 7) is 1.86. The second-order valence-electron chi connectivity index (χ2n) is 12.3. The Kier molecular flexibility index (Phi) is 8.97. The number of nitrogen functional groups attached to an aromatic ring is 1. The van der Waals surface area contributed by atoms with Crippen LogP contribution in [0, 0.1) is 24.5 Å². The topological polar surface area (TPSA) is 142 Å². The van der Waals surface area contributed by atoms with E-state index in [1.165, 1.54) is 29.3 Å². The van der Waals surface area contributed by atoms with Crippen LogP contribution in [-0.2, 0) is 0 Å². The number of rotatable bonds is 10. The fraction of sp³-hybridized carbons (Fsp3) is 0.324. The molecule has 1 saturated carbocycles. The number of ether oxygens (including phenoxy) is 1. The van der Waals surface area contributed by atoms with Gasteiger partial charge < -0.3 is 25.9 Å². The quantitative estimate of drug-likeness (QED) is 0.0895. The number of H-pyrrole nitrogens is 1. The molecule has 1 aliphatic carbocycles.